The SMILES string of the molecule is CCCCN=C(NN)N(CCOCC)CCOCC. The summed E-state index contributed by atoms with van der Waals surface area (Å²) in [6.07, 6.45) is 2.19. The number of ether oxygens (including phenoxy) is 2. The largest absolute Gasteiger partial charge is 0.380 e. The molecule has 0 aliphatic rings. The zero-order chi connectivity index (χ0) is 14.3. The first-order valence-electron chi connectivity index (χ1n) is 7.21. The minimum Gasteiger partial charge on any atom is -0.380 e. The predicted octanol–water partition coefficient (Wildman–Crippen LogP) is 0.981. The van der Waals surface area contributed by atoms with Gasteiger partial charge in [0.1, 0.15) is 0 Å². The van der Waals surface area contributed by atoms with Crippen LogP contribution in [-0.2, 0) is 9.47 Å². The van der Waals surface area contributed by atoms with Crippen molar-refractivity contribution in [2.24, 2.45) is 10.8 Å². The Labute approximate surface area is 117 Å². The summed E-state index contributed by atoms with van der Waals surface area (Å²) in [5, 5.41) is 0. The number of hydrazine groups is 1. The molecule has 0 aliphatic heterocycles. The molecule has 0 aromatic carbocycles. The van der Waals surface area contributed by atoms with E-state index in [0.29, 0.717) is 19.2 Å². The molecule has 0 atom stereocenters. The lowest BCUT2D eigenvalue weighted by Gasteiger charge is -2.25. The van der Waals surface area contributed by atoms with E-state index in [-0.39, 0.29) is 0 Å². The maximum Gasteiger partial charge on any atom is 0.208 e. The second kappa shape index (κ2) is 13.6. The average molecular weight is 274 g/mol. The van der Waals surface area contributed by atoms with Gasteiger partial charge in [0.25, 0.3) is 0 Å². The first-order chi connectivity index (χ1) is 9.29. The molecule has 0 fully saturated rings. The number of rotatable bonds is 11. The fourth-order valence-corrected chi connectivity index (χ4v) is 1.54. The van der Waals surface area contributed by atoms with Gasteiger partial charge in [-0.25, -0.2) is 5.84 Å². The van der Waals surface area contributed by atoms with Gasteiger partial charge in [0, 0.05) is 32.8 Å². The van der Waals surface area contributed by atoms with E-state index in [1.807, 2.05) is 13.8 Å². The van der Waals surface area contributed by atoms with Crippen molar-refractivity contribution in [3.63, 3.8) is 0 Å². The Morgan fingerprint density at radius 1 is 1.11 bits per heavy atom. The summed E-state index contributed by atoms with van der Waals surface area (Å²) in [5.41, 5.74) is 2.68. The highest BCUT2D eigenvalue weighted by Gasteiger charge is 2.09. The Hall–Kier alpha value is -0.850. The summed E-state index contributed by atoms with van der Waals surface area (Å²) in [4.78, 5) is 6.56. The smallest absolute Gasteiger partial charge is 0.208 e. The van der Waals surface area contributed by atoms with Gasteiger partial charge in [-0.15, -0.1) is 0 Å². The molecule has 0 aromatic heterocycles. The van der Waals surface area contributed by atoms with Crippen LogP contribution >= 0.6 is 0 Å². The van der Waals surface area contributed by atoms with Crippen LogP contribution in [0.5, 0.6) is 0 Å². The van der Waals surface area contributed by atoms with E-state index in [1.54, 1.807) is 0 Å². The van der Waals surface area contributed by atoms with Crippen molar-refractivity contribution in [2.45, 2.75) is 33.6 Å². The van der Waals surface area contributed by atoms with Crippen LogP contribution in [0.1, 0.15) is 33.6 Å². The zero-order valence-electron chi connectivity index (χ0n) is 12.7. The van der Waals surface area contributed by atoms with E-state index < -0.39 is 0 Å². The molecule has 6 nitrogen and oxygen atoms in total. The first-order valence-corrected chi connectivity index (χ1v) is 7.21. The van der Waals surface area contributed by atoms with E-state index in [9.17, 15) is 0 Å². The monoisotopic (exact) mass is 274 g/mol. The lowest BCUT2D eigenvalue weighted by molar-refractivity contribution is 0.106. The molecule has 0 aromatic rings. The van der Waals surface area contributed by atoms with Gasteiger partial charge in [-0.3, -0.25) is 10.4 Å². The van der Waals surface area contributed by atoms with Crippen molar-refractivity contribution in [3.05, 3.63) is 0 Å². The van der Waals surface area contributed by atoms with Crippen molar-refractivity contribution in [1.82, 2.24) is 10.3 Å². The normalized spacial score (nSPS) is 11.7. The van der Waals surface area contributed by atoms with E-state index >= 15 is 0 Å². The maximum atomic E-state index is 5.56. The highest BCUT2D eigenvalue weighted by molar-refractivity contribution is 5.79. The summed E-state index contributed by atoms with van der Waals surface area (Å²) >= 11 is 0. The Balaban J connectivity index is 4.32. The number of nitrogens with two attached hydrogens (primary N) is 1. The molecular formula is C13H30N4O2. The molecule has 0 saturated carbocycles. The molecule has 6 heteroatoms. The van der Waals surface area contributed by atoms with Crippen molar-refractivity contribution in [2.75, 3.05) is 46.1 Å². The molecular weight excluding hydrogens is 244 g/mol. The zero-order valence-corrected chi connectivity index (χ0v) is 12.7. The summed E-state index contributed by atoms with van der Waals surface area (Å²) < 4.78 is 10.8. The Kier molecular flexibility index (Phi) is 13.0. The van der Waals surface area contributed by atoms with Gasteiger partial charge in [-0.05, 0) is 20.3 Å². The van der Waals surface area contributed by atoms with Gasteiger partial charge in [0.2, 0.25) is 5.96 Å². The molecule has 3 N–H and O–H groups in total. The van der Waals surface area contributed by atoms with Crippen LogP contribution in [0.25, 0.3) is 0 Å². The van der Waals surface area contributed by atoms with Crippen LogP contribution in [0.2, 0.25) is 0 Å². The quantitative estimate of drug-likeness (QED) is 0.193. The summed E-state index contributed by atoms with van der Waals surface area (Å²) in [6.45, 7) is 11.2. The molecule has 0 radical (unpaired) electrons. The molecule has 0 aliphatic carbocycles. The fraction of sp³-hybridized carbons (Fsp3) is 0.923. The van der Waals surface area contributed by atoms with Crippen molar-refractivity contribution < 1.29 is 9.47 Å². The van der Waals surface area contributed by atoms with E-state index in [4.69, 9.17) is 15.3 Å². The average Bonchev–Trinajstić information content (AvgIpc) is 2.43. The maximum absolute atomic E-state index is 5.56. The number of hydrogen-bond donors (Lipinski definition) is 2. The number of hydrogen-bond acceptors (Lipinski definition) is 4. The lowest BCUT2D eigenvalue weighted by atomic mass is 10.3. The van der Waals surface area contributed by atoms with Crippen molar-refractivity contribution in [3.8, 4) is 0 Å². The van der Waals surface area contributed by atoms with E-state index in [1.165, 1.54) is 0 Å². The van der Waals surface area contributed by atoms with Crippen molar-refractivity contribution >= 4 is 5.96 Å². The highest BCUT2D eigenvalue weighted by atomic mass is 16.5. The van der Waals surface area contributed by atoms with Crippen LogP contribution in [0.15, 0.2) is 4.99 Å². The topological polar surface area (TPSA) is 72.1 Å². The predicted molar refractivity (Wildman–Crippen MR) is 79.1 cm³/mol. The number of aliphatic imine (C=N–C) groups is 1. The minimum atomic E-state index is 0.664. The van der Waals surface area contributed by atoms with Gasteiger partial charge in [-0.1, -0.05) is 13.3 Å². The molecule has 0 amide bonds. The first kappa shape index (κ1) is 18.1. The van der Waals surface area contributed by atoms with Gasteiger partial charge >= 0.3 is 0 Å². The molecule has 0 rings (SSSR count). The molecule has 0 unspecified atom stereocenters. The van der Waals surface area contributed by atoms with Gasteiger partial charge < -0.3 is 14.4 Å². The molecule has 0 heterocycles. The third-order valence-corrected chi connectivity index (χ3v) is 2.62. The van der Waals surface area contributed by atoms with Crippen LogP contribution in [0.3, 0.4) is 0 Å². The van der Waals surface area contributed by atoms with Crippen LogP contribution in [0.4, 0.5) is 0 Å². The number of nitrogens with zero attached hydrogens (tertiary/aromatic N) is 2. The molecule has 0 saturated heterocycles. The standard InChI is InChI=1S/C13H30N4O2/c1-4-7-8-15-13(16-14)17(9-11-18-5-2)10-12-19-6-3/h4-12,14H2,1-3H3,(H,15,16). The summed E-state index contributed by atoms with van der Waals surface area (Å²) in [5.74, 6) is 6.28. The second-order valence-electron chi connectivity index (χ2n) is 4.08. The number of unbranched alkanes of at least 4 members (excludes halogenated alkanes) is 1. The second-order valence-corrected chi connectivity index (χ2v) is 4.08. The Bertz CT molecular complexity index is 215. The molecule has 0 spiro atoms. The Morgan fingerprint density at radius 2 is 1.68 bits per heavy atom. The van der Waals surface area contributed by atoms with Crippen molar-refractivity contribution in [1.29, 1.82) is 0 Å². The van der Waals surface area contributed by atoms with Crippen LogP contribution in [0, 0.1) is 0 Å². The lowest BCUT2D eigenvalue weighted by Crippen LogP contribution is -2.47. The Morgan fingerprint density at radius 3 is 2.11 bits per heavy atom. The summed E-state index contributed by atoms with van der Waals surface area (Å²) in [6, 6.07) is 0. The van der Waals surface area contributed by atoms with Gasteiger partial charge in [0.15, 0.2) is 0 Å². The number of nitrogens with one attached hydrogen (secondary N) is 1. The molecule has 114 valence electrons. The third kappa shape index (κ3) is 9.69. The van der Waals surface area contributed by atoms with Crippen LogP contribution < -0.4 is 11.3 Å². The number of guanidine groups is 1. The van der Waals surface area contributed by atoms with E-state index in [0.717, 1.165) is 45.7 Å². The summed E-state index contributed by atoms with van der Waals surface area (Å²) in [7, 11) is 0. The minimum absolute atomic E-state index is 0.664. The van der Waals surface area contributed by atoms with Gasteiger partial charge in [-0.2, -0.15) is 0 Å². The third-order valence-electron chi connectivity index (χ3n) is 2.62. The molecule has 0 bridgehead atoms. The van der Waals surface area contributed by atoms with E-state index in [2.05, 4.69) is 22.2 Å². The fourth-order valence-electron chi connectivity index (χ4n) is 1.54. The van der Waals surface area contributed by atoms with Gasteiger partial charge in [0.05, 0.1) is 13.2 Å². The van der Waals surface area contributed by atoms with Crippen LogP contribution in [-0.4, -0.2) is 56.9 Å². The highest BCUT2D eigenvalue weighted by Crippen LogP contribution is 1.94. The molecule has 19 heavy (non-hydrogen) atoms.